The van der Waals surface area contributed by atoms with E-state index in [0.29, 0.717) is 19.6 Å². The van der Waals surface area contributed by atoms with E-state index in [2.05, 4.69) is 66.7 Å². The van der Waals surface area contributed by atoms with Crippen molar-refractivity contribution < 1.29 is 38.4 Å². The molecule has 280 valence electrons. The van der Waals surface area contributed by atoms with E-state index < -0.39 is 17.5 Å². The molecule has 0 fully saturated rings. The maximum Gasteiger partial charge on any atom is 0.306 e. The van der Waals surface area contributed by atoms with Crippen molar-refractivity contribution in [2.45, 2.75) is 38.1 Å². The maximum absolute atomic E-state index is 11.8. The zero-order valence-electron chi connectivity index (χ0n) is 31.0. The highest BCUT2D eigenvalue weighted by Gasteiger charge is 2.37. The average molecular weight is 737 g/mol. The molecule has 6 aromatic carbocycles. The summed E-state index contributed by atoms with van der Waals surface area (Å²) in [4.78, 5) is 22.5. The third kappa shape index (κ3) is 9.99. The molecule has 0 saturated carbocycles. The van der Waals surface area contributed by atoms with Gasteiger partial charge in [0.15, 0.2) is 0 Å². The Morgan fingerprint density at radius 3 is 1.76 bits per heavy atom. The summed E-state index contributed by atoms with van der Waals surface area (Å²) in [5, 5.41) is 8.76. The van der Waals surface area contributed by atoms with Crippen LogP contribution in [0.15, 0.2) is 152 Å². The molecule has 0 radical (unpaired) electrons. The van der Waals surface area contributed by atoms with Crippen LogP contribution in [0.3, 0.4) is 0 Å². The van der Waals surface area contributed by atoms with Crippen LogP contribution in [0.5, 0.6) is 17.2 Å². The van der Waals surface area contributed by atoms with Crippen LogP contribution in [-0.4, -0.2) is 37.9 Å². The Morgan fingerprint density at radius 2 is 1.15 bits per heavy atom. The van der Waals surface area contributed by atoms with Gasteiger partial charge >= 0.3 is 11.9 Å². The Bertz CT molecular complexity index is 2100. The molecule has 0 aliphatic rings. The molecular formula is C47H44O8. The molecular weight excluding hydrogens is 693 g/mol. The lowest BCUT2D eigenvalue weighted by molar-refractivity contribution is -0.148. The first-order valence-electron chi connectivity index (χ1n) is 18.1. The molecule has 0 unspecified atom stereocenters. The first-order valence-corrected chi connectivity index (χ1v) is 18.1. The van der Waals surface area contributed by atoms with Crippen LogP contribution in [0.4, 0.5) is 0 Å². The quantitative estimate of drug-likeness (QED) is 0.0689. The van der Waals surface area contributed by atoms with E-state index >= 15 is 0 Å². The third-order valence-corrected chi connectivity index (χ3v) is 9.34. The molecule has 8 nitrogen and oxygen atoms in total. The molecule has 0 aliphatic carbocycles. The summed E-state index contributed by atoms with van der Waals surface area (Å²) in [7, 11) is 3.33. The lowest BCUT2D eigenvalue weighted by Gasteiger charge is -2.36. The Kier molecular flexibility index (Phi) is 13.0. The van der Waals surface area contributed by atoms with E-state index in [0.717, 1.165) is 61.8 Å². The number of carbonyl (C=O) groups is 2. The standard InChI is InChI=1S/C47H44O8/c1-51-42-22-18-40(19-23-42)47(39-11-4-3-5-12-39,41-20-24-43(52-2)25-21-41)55-29-28-34-14-16-37(17-15-34)38-10-7-13-44(31-38)53-32-35-8-6-9-36(30-35)33-54-46(50)27-26-45(48)49/h3-25,30-31H,26-29,32-33H2,1-2H3,(H,48,49). The number of ether oxygens (including phenoxy) is 5. The first-order chi connectivity index (χ1) is 26.9. The summed E-state index contributed by atoms with van der Waals surface area (Å²) in [6, 6.07) is 50.5. The second-order valence-electron chi connectivity index (χ2n) is 13.0. The number of hydrogen-bond donors (Lipinski definition) is 1. The minimum absolute atomic E-state index is 0.0726. The van der Waals surface area contributed by atoms with E-state index in [1.54, 1.807) is 14.2 Å². The molecule has 6 rings (SSSR count). The molecule has 0 amide bonds. The summed E-state index contributed by atoms with van der Waals surface area (Å²) in [6.07, 6.45) is 0.293. The predicted molar refractivity (Wildman–Crippen MR) is 211 cm³/mol. The van der Waals surface area contributed by atoms with Crippen LogP contribution >= 0.6 is 0 Å². The maximum atomic E-state index is 11.8. The highest BCUT2D eigenvalue weighted by molar-refractivity contribution is 5.76. The zero-order chi connectivity index (χ0) is 38.5. The van der Waals surface area contributed by atoms with Crippen molar-refractivity contribution in [1.29, 1.82) is 0 Å². The zero-order valence-corrected chi connectivity index (χ0v) is 31.0. The SMILES string of the molecule is COc1ccc(C(OCCc2ccc(-c3cccc(OCc4cccc(COC(=O)CCC(=O)O)c4)c3)cc2)(c2ccccc2)c2ccc(OC)cc2)cc1. The molecule has 8 heteroatoms. The Hall–Kier alpha value is -6.38. The van der Waals surface area contributed by atoms with Gasteiger partial charge in [-0.3, -0.25) is 9.59 Å². The average Bonchev–Trinajstić information content (AvgIpc) is 3.24. The first kappa shape index (κ1) is 38.3. The van der Waals surface area contributed by atoms with Crippen LogP contribution in [0.2, 0.25) is 0 Å². The molecule has 0 aromatic heterocycles. The summed E-state index contributed by atoms with van der Waals surface area (Å²) >= 11 is 0. The van der Waals surface area contributed by atoms with Gasteiger partial charge in [-0.1, -0.05) is 109 Å². The molecule has 6 aromatic rings. The monoisotopic (exact) mass is 736 g/mol. The molecule has 0 heterocycles. The van der Waals surface area contributed by atoms with Crippen LogP contribution in [0, 0.1) is 0 Å². The Balaban J connectivity index is 1.12. The van der Waals surface area contributed by atoms with Gasteiger partial charge in [0, 0.05) is 0 Å². The van der Waals surface area contributed by atoms with Crippen molar-refractivity contribution in [3.8, 4) is 28.4 Å². The van der Waals surface area contributed by atoms with Crippen molar-refractivity contribution in [2.75, 3.05) is 20.8 Å². The number of rotatable bonds is 18. The van der Waals surface area contributed by atoms with Crippen molar-refractivity contribution in [3.63, 3.8) is 0 Å². The predicted octanol–water partition coefficient (Wildman–Crippen LogP) is 9.41. The Morgan fingerprint density at radius 1 is 0.545 bits per heavy atom. The molecule has 0 atom stereocenters. The fourth-order valence-corrected chi connectivity index (χ4v) is 6.45. The smallest absolute Gasteiger partial charge is 0.306 e. The van der Waals surface area contributed by atoms with Crippen LogP contribution in [-0.2, 0) is 44.3 Å². The second kappa shape index (κ2) is 18.6. The highest BCUT2D eigenvalue weighted by Crippen LogP contribution is 2.42. The number of carbonyl (C=O) groups excluding carboxylic acids is 1. The van der Waals surface area contributed by atoms with Gasteiger partial charge in [-0.25, -0.2) is 0 Å². The van der Waals surface area contributed by atoms with Gasteiger partial charge in [0.05, 0.1) is 33.7 Å². The van der Waals surface area contributed by atoms with Crippen molar-refractivity contribution >= 4 is 11.9 Å². The van der Waals surface area contributed by atoms with E-state index in [-0.39, 0.29) is 19.4 Å². The van der Waals surface area contributed by atoms with E-state index in [4.69, 9.17) is 28.8 Å². The normalized spacial score (nSPS) is 11.1. The van der Waals surface area contributed by atoms with Crippen molar-refractivity contribution in [1.82, 2.24) is 0 Å². The number of aliphatic carboxylic acids is 1. The summed E-state index contributed by atoms with van der Waals surface area (Å²) < 4.78 is 29.4. The van der Waals surface area contributed by atoms with Gasteiger partial charge < -0.3 is 28.8 Å². The summed E-state index contributed by atoms with van der Waals surface area (Å²) in [5.74, 6) is 0.711. The highest BCUT2D eigenvalue weighted by atomic mass is 16.5. The number of hydrogen-bond acceptors (Lipinski definition) is 7. The van der Waals surface area contributed by atoms with Gasteiger partial charge in [-0.15, -0.1) is 0 Å². The number of methoxy groups -OCH3 is 2. The van der Waals surface area contributed by atoms with E-state index in [1.165, 1.54) is 0 Å². The topological polar surface area (TPSA) is 101 Å². The van der Waals surface area contributed by atoms with Crippen LogP contribution < -0.4 is 14.2 Å². The summed E-state index contributed by atoms with van der Waals surface area (Å²) in [6.45, 7) is 0.869. The van der Waals surface area contributed by atoms with E-state index in [9.17, 15) is 9.59 Å². The number of carboxylic acids is 1. The van der Waals surface area contributed by atoms with Gasteiger partial charge in [0.1, 0.15) is 36.1 Å². The third-order valence-electron chi connectivity index (χ3n) is 9.34. The van der Waals surface area contributed by atoms with Gasteiger partial charge in [0.25, 0.3) is 0 Å². The molecule has 0 bridgehead atoms. The lowest BCUT2D eigenvalue weighted by Crippen LogP contribution is -2.33. The summed E-state index contributed by atoms with van der Waals surface area (Å²) in [5.41, 5.74) is 7.10. The molecule has 0 aliphatic heterocycles. The van der Waals surface area contributed by atoms with Crippen LogP contribution in [0.25, 0.3) is 11.1 Å². The fraction of sp³-hybridized carbons (Fsp3) is 0.191. The minimum Gasteiger partial charge on any atom is -0.497 e. The van der Waals surface area contributed by atoms with Gasteiger partial charge in [-0.2, -0.15) is 0 Å². The van der Waals surface area contributed by atoms with Gasteiger partial charge in [-0.05, 0) is 93.4 Å². The van der Waals surface area contributed by atoms with Gasteiger partial charge in [0.2, 0.25) is 0 Å². The Labute approximate surface area is 321 Å². The number of benzene rings is 6. The molecule has 0 saturated heterocycles. The molecule has 0 spiro atoms. The number of esters is 1. The lowest BCUT2D eigenvalue weighted by atomic mass is 9.80. The van der Waals surface area contributed by atoms with Crippen LogP contribution in [0.1, 0.15) is 46.2 Å². The fourth-order valence-electron chi connectivity index (χ4n) is 6.45. The largest absolute Gasteiger partial charge is 0.497 e. The van der Waals surface area contributed by atoms with E-state index in [1.807, 2.05) is 84.9 Å². The van der Waals surface area contributed by atoms with Crippen molar-refractivity contribution in [2.24, 2.45) is 0 Å². The second-order valence-corrected chi connectivity index (χ2v) is 13.0. The molecule has 55 heavy (non-hydrogen) atoms. The minimum atomic E-state index is -1.03. The molecule has 1 N–H and O–H groups in total. The number of carboxylic acid groups (broad SMARTS) is 1. The van der Waals surface area contributed by atoms with Crippen molar-refractivity contribution in [3.05, 3.63) is 185 Å².